The van der Waals surface area contributed by atoms with Crippen molar-refractivity contribution < 1.29 is 9.59 Å². The highest BCUT2D eigenvalue weighted by atomic mass is 16.2. The van der Waals surface area contributed by atoms with Gasteiger partial charge in [0.05, 0.1) is 30.0 Å². The number of nitrogens with zero attached hydrogens (tertiary/aromatic N) is 4. The SMILES string of the molecule is O=C(c1cn[nH]c1C1CCCCN1C(=O)CN1CCc2ccccc2C1)N1CCCCC1. The molecule has 0 spiro atoms. The van der Waals surface area contributed by atoms with Crippen LogP contribution in [0, 0.1) is 0 Å². The molecule has 1 atom stereocenters. The maximum absolute atomic E-state index is 13.4. The Hall–Kier alpha value is -2.67. The summed E-state index contributed by atoms with van der Waals surface area (Å²) in [6.45, 7) is 4.52. The fourth-order valence-electron chi connectivity index (χ4n) is 5.49. The number of piperidine rings is 2. The summed E-state index contributed by atoms with van der Waals surface area (Å²) in [7, 11) is 0. The van der Waals surface area contributed by atoms with Gasteiger partial charge in [0.25, 0.3) is 5.91 Å². The zero-order valence-corrected chi connectivity index (χ0v) is 18.8. The summed E-state index contributed by atoms with van der Waals surface area (Å²) in [6.07, 6.45) is 8.90. The molecule has 4 heterocycles. The Morgan fingerprint density at radius 3 is 2.59 bits per heavy atom. The van der Waals surface area contributed by atoms with Crippen LogP contribution < -0.4 is 0 Å². The maximum Gasteiger partial charge on any atom is 0.257 e. The quantitative estimate of drug-likeness (QED) is 0.801. The van der Waals surface area contributed by atoms with Gasteiger partial charge >= 0.3 is 0 Å². The molecule has 0 saturated carbocycles. The Bertz CT molecular complexity index is 965. The lowest BCUT2D eigenvalue weighted by atomic mass is 9.96. The number of H-pyrrole nitrogens is 1. The van der Waals surface area contributed by atoms with Crippen LogP contribution in [0.1, 0.15) is 71.7 Å². The second kappa shape index (κ2) is 9.45. The van der Waals surface area contributed by atoms with Crippen LogP contribution in [0.2, 0.25) is 0 Å². The zero-order valence-electron chi connectivity index (χ0n) is 18.8. The number of aromatic amines is 1. The number of rotatable bonds is 4. The molecule has 0 bridgehead atoms. The number of carbonyl (C=O) groups is 2. The molecule has 2 amide bonds. The molecular weight excluding hydrogens is 402 g/mol. The number of likely N-dealkylation sites (tertiary alicyclic amines) is 2. The first-order valence-corrected chi connectivity index (χ1v) is 12.1. The maximum atomic E-state index is 13.4. The van der Waals surface area contributed by atoms with Crippen LogP contribution in [0.4, 0.5) is 0 Å². The van der Waals surface area contributed by atoms with E-state index in [-0.39, 0.29) is 17.9 Å². The van der Waals surface area contributed by atoms with Crippen molar-refractivity contribution in [3.63, 3.8) is 0 Å². The highest BCUT2D eigenvalue weighted by Gasteiger charge is 2.34. The van der Waals surface area contributed by atoms with E-state index in [2.05, 4.69) is 39.4 Å². The molecule has 2 aromatic rings. The lowest BCUT2D eigenvalue weighted by molar-refractivity contribution is -0.136. The molecule has 32 heavy (non-hydrogen) atoms. The first-order chi connectivity index (χ1) is 15.7. The molecule has 3 aliphatic rings. The number of nitrogens with one attached hydrogen (secondary N) is 1. The number of amides is 2. The predicted octanol–water partition coefficient (Wildman–Crippen LogP) is 3.15. The third-order valence-electron chi connectivity index (χ3n) is 7.27. The van der Waals surface area contributed by atoms with Crippen LogP contribution in [0.25, 0.3) is 0 Å². The molecular formula is C25H33N5O2. The molecule has 7 heteroatoms. The highest BCUT2D eigenvalue weighted by Crippen LogP contribution is 2.33. The van der Waals surface area contributed by atoms with Gasteiger partial charge in [0, 0.05) is 32.7 Å². The number of benzene rings is 1. The van der Waals surface area contributed by atoms with Crippen molar-refractivity contribution in [3.8, 4) is 0 Å². The normalized spacial score (nSPS) is 21.9. The molecule has 1 aromatic carbocycles. The van der Waals surface area contributed by atoms with Crippen molar-refractivity contribution in [2.75, 3.05) is 32.7 Å². The van der Waals surface area contributed by atoms with Gasteiger partial charge in [-0.1, -0.05) is 24.3 Å². The van der Waals surface area contributed by atoms with Gasteiger partial charge in [0.2, 0.25) is 5.91 Å². The number of fused-ring (bicyclic) bond motifs is 1. The fraction of sp³-hybridized carbons (Fsp3) is 0.560. The van der Waals surface area contributed by atoms with Crippen molar-refractivity contribution in [3.05, 3.63) is 52.8 Å². The fourth-order valence-corrected chi connectivity index (χ4v) is 5.49. The standard InChI is InChI=1S/C25H33N5O2/c31-23(18-28-15-11-19-8-2-3-9-20(19)17-28)30-14-7-4-10-22(30)24-21(16-26-27-24)25(32)29-12-5-1-6-13-29/h2-3,8-9,16,22H,1,4-7,10-15,17-18H2,(H,26,27). The molecule has 1 unspecified atom stereocenters. The van der Waals surface area contributed by atoms with Gasteiger partial charge in [-0.15, -0.1) is 0 Å². The van der Waals surface area contributed by atoms with E-state index in [4.69, 9.17) is 0 Å². The summed E-state index contributed by atoms with van der Waals surface area (Å²) < 4.78 is 0. The van der Waals surface area contributed by atoms with Gasteiger partial charge in [-0.2, -0.15) is 5.10 Å². The lowest BCUT2D eigenvalue weighted by Gasteiger charge is -2.38. The lowest BCUT2D eigenvalue weighted by Crippen LogP contribution is -2.46. The molecule has 0 radical (unpaired) electrons. The monoisotopic (exact) mass is 435 g/mol. The second-order valence-corrected chi connectivity index (χ2v) is 9.38. The summed E-state index contributed by atoms with van der Waals surface area (Å²) in [5, 5.41) is 7.32. The minimum Gasteiger partial charge on any atom is -0.339 e. The summed E-state index contributed by atoms with van der Waals surface area (Å²) in [5.41, 5.74) is 4.18. The predicted molar refractivity (Wildman–Crippen MR) is 122 cm³/mol. The molecule has 2 fully saturated rings. The van der Waals surface area contributed by atoms with Gasteiger partial charge in [0.15, 0.2) is 0 Å². The van der Waals surface area contributed by atoms with Crippen LogP contribution >= 0.6 is 0 Å². The van der Waals surface area contributed by atoms with E-state index in [1.165, 1.54) is 17.5 Å². The number of carbonyl (C=O) groups excluding carboxylic acids is 2. The van der Waals surface area contributed by atoms with Crippen molar-refractivity contribution >= 4 is 11.8 Å². The van der Waals surface area contributed by atoms with Crippen LogP contribution in [-0.4, -0.2) is 69.4 Å². The van der Waals surface area contributed by atoms with Crippen LogP contribution in [0.3, 0.4) is 0 Å². The van der Waals surface area contributed by atoms with Gasteiger partial charge in [-0.25, -0.2) is 0 Å². The zero-order chi connectivity index (χ0) is 21.9. The van der Waals surface area contributed by atoms with E-state index >= 15 is 0 Å². The van der Waals surface area contributed by atoms with Crippen LogP contribution in [0.15, 0.2) is 30.5 Å². The molecule has 3 aliphatic heterocycles. The van der Waals surface area contributed by atoms with Gasteiger partial charge in [-0.3, -0.25) is 19.6 Å². The molecule has 7 nitrogen and oxygen atoms in total. The van der Waals surface area contributed by atoms with E-state index in [1.807, 2.05) is 9.80 Å². The van der Waals surface area contributed by atoms with Crippen molar-refractivity contribution in [1.82, 2.24) is 24.9 Å². The molecule has 0 aliphatic carbocycles. The van der Waals surface area contributed by atoms with Gasteiger partial charge in [0.1, 0.15) is 0 Å². The van der Waals surface area contributed by atoms with Crippen LogP contribution in [0.5, 0.6) is 0 Å². The molecule has 170 valence electrons. The number of hydrogen-bond acceptors (Lipinski definition) is 4. The Morgan fingerprint density at radius 1 is 0.969 bits per heavy atom. The highest BCUT2D eigenvalue weighted by molar-refractivity contribution is 5.95. The summed E-state index contributed by atoms with van der Waals surface area (Å²) in [6, 6.07) is 8.42. The van der Waals surface area contributed by atoms with Gasteiger partial charge < -0.3 is 9.80 Å². The van der Waals surface area contributed by atoms with Gasteiger partial charge in [-0.05, 0) is 56.1 Å². The first-order valence-electron chi connectivity index (χ1n) is 12.1. The Kier molecular flexibility index (Phi) is 6.26. The third kappa shape index (κ3) is 4.31. The second-order valence-electron chi connectivity index (χ2n) is 9.38. The summed E-state index contributed by atoms with van der Waals surface area (Å²) in [5.74, 6) is 0.208. The van der Waals surface area contributed by atoms with Crippen molar-refractivity contribution in [1.29, 1.82) is 0 Å². The Morgan fingerprint density at radius 2 is 1.75 bits per heavy atom. The largest absolute Gasteiger partial charge is 0.339 e. The van der Waals surface area contributed by atoms with E-state index in [0.29, 0.717) is 12.1 Å². The molecule has 1 N–H and O–H groups in total. The van der Waals surface area contributed by atoms with E-state index in [9.17, 15) is 9.59 Å². The van der Waals surface area contributed by atoms with E-state index in [1.54, 1.807) is 6.20 Å². The first kappa shape index (κ1) is 21.2. The Balaban J connectivity index is 1.30. The molecule has 1 aromatic heterocycles. The van der Waals surface area contributed by atoms with Crippen LogP contribution in [-0.2, 0) is 17.8 Å². The van der Waals surface area contributed by atoms with Crippen molar-refractivity contribution in [2.24, 2.45) is 0 Å². The average molecular weight is 436 g/mol. The minimum atomic E-state index is -0.0976. The number of hydrogen-bond donors (Lipinski definition) is 1. The minimum absolute atomic E-state index is 0.0547. The van der Waals surface area contributed by atoms with E-state index in [0.717, 1.165) is 76.9 Å². The Labute approximate surface area is 189 Å². The topological polar surface area (TPSA) is 72.5 Å². The van der Waals surface area contributed by atoms with Crippen molar-refractivity contribution in [2.45, 2.75) is 57.5 Å². The summed E-state index contributed by atoms with van der Waals surface area (Å²) in [4.78, 5) is 32.8. The number of aromatic nitrogens is 2. The summed E-state index contributed by atoms with van der Waals surface area (Å²) >= 11 is 0. The smallest absolute Gasteiger partial charge is 0.257 e. The third-order valence-corrected chi connectivity index (χ3v) is 7.27. The molecule has 2 saturated heterocycles. The van der Waals surface area contributed by atoms with E-state index < -0.39 is 0 Å². The average Bonchev–Trinajstić information content (AvgIpc) is 3.34. The molecule has 5 rings (SSSR count).